The van der Waals surface area contributed by atoms with Gasteiger partial charge >= 0.3 is 24.2 Å². The van der Waals surface area contributed by atoms with Gasteiger partial charge < -0.3 is 34.5 Å². The van der Waals surface area contributed by atoms with Crippen LogP contribution in [-0.2, 0) is 19.0 Å². The molecule has 0 radical (unpaired) electrons. The Morgan fingerprint density at radius 1 is 0.750 bits per heavy atom. The average molecular weight is 560 g/mol. The maximum absolute atomic E-state index is 12.4. The van der Waals surface area contributed by atoms with E-state index in [0.717, 1.165) is 0 Å². The molecule has 218 valence electrons. The lowest BCUT2D eigenvalue weighted by Crippen LogP contribution is -2.40. The van der Waals surface area contributed by atoms with E-state index >= 15 is 0 Å². The molecule has 0 aliphatic carbocycles. The maximum atomic E-state index is 12.4. The molecule has 0 fully saturated rings. The van der Waals surface area contributed by atoms with Gasteiger partial charge in [0.25, 0.3) is 0 Å². The zero-order valence-electron chi connectivity index (χ0n) is 23.3. The van der Waals surface area contributed by atoms with Gasteiger partial charge in [-0.25, -0.2) is 14.4 Å². The van der Waals surface area contributed by atoms with E-state index in [-0.39, 0.29) is 43.2 Å². The summed E-state index contributed by atoms with van der Waals surface area (Å²) >= 11 is 0. The van der Waals surface area contributed by atoms with Gasteiger partial charge in [0.2, 0.25) is 0 Å². The molecule has 0 aliphatic heterocycles. The number of carboxylic acids is 1. The number of hydrogen-bond donors (Lipinski definition) is 2. The number of carbonyl (C=O) groups excluding carboxylic acids is 3. The van der Waals surface area contributed by atoms with Gasteiger partial charge in [0, 0.05) is 5.92 Å². The standard InChI is InChI=1S/C29H37NO10/c1-17(2)14-37-28(34)39-22-12-11-21(13-23(22)40-29(35)38-15-18(3)4)24(25(30)26(31)32)19(5)16-36-27(33)20-9-7-6-8-10-20/h6-13,17-19,24-25H,14-16,30H2,1-5H3,(H,31,32)/t19?,24?,25-/m0/s1. The van der Waals surface area contributed by atoms with Crippen molar-refractivity contribution in [3.8, 4) is 11.5 Å². The Morgan fingerprint density at radius 2 is 1.30 bits per heavy atom. The first kappa shape index (κ1) is 32.1. The van der Waals surface area contributed by atoms with E-state index in [1.165, 1.54) is 18.2 Å². The van der Waals surface area contributed by atoms with Gasteiger partial charge in [-0.3, -0.25) is 4.79 Å². The maximum Gasteiger partial charge on any atom is 0.513 e. The van der Waals surface area contributed by atoms with Crippen molar-refractivity contribution in [3.05, 3.63) is 59.7 Å². The molecular weight excluding hydrogens is 522 g/mol. The number of nitrogens with two attached hydrogens (primary N) is 1. The van der Waals surface area contributed by atoms with Crippen LogP contribution in [0.3, 0.4) is 0 Å². The molecule has 2 aromatic carbocycles. The Labute approximate surface area is 233 Å². The fraction of sp³-hybridized carbons (Fsp3) is 0.448. The predicted molar refractivity (Wildman–Crippen MR) is 144 cm³/mol. The first-order valence-electron chi connectivity index (χ1n) is 12.9. The van der Waals surface area contributed by atoms with Crippen LogP contribution in [0.1, 0.15) is 56.5 Å². The van der Waals surface area contributed by atoms with Crippen LogP contribution in [0.15, 0.2) is 48.5 Å². The Morgan fingerprint density at radius 3 is 1.82 bits per heavy atom. The second-order valence-electron chi connectivity index (χ2n) is 10.2. The molecule has 40 heavy (non-hydrogen) atoms. The summed E-state index contributed by atoms with van der Waals surface area (Å²) in [5.41, 5.74) is 6.74. The van der Waals surface area contributed by atoms with Crippen LogP contribution in [-0.4, -0.2) is 55.2 Å². The molecule has 11 heteroatoms. The van der Waals surface area contributed by atoms with Crippen LogP contribution in [0.4, 0.5) is 9.59 Å². The molecule has 0 bridgehead atoms. The molecule has 2 aromatic rings. The van der Waals surface area contributed by atoms with Crippen LogP contribution in [0.2, 0.25) is 0 Å². The molecule has 2 rings (SSSR count). The van der Waals surface area contributed by atoms with Gasteiger partial charge in [-0.2, -0.15) is 0 Å². The van der Waals surface area contributed by atoms with Crippen LogP contribution in [0.25, 0.3) is 0 Å². The molecule has 3 atom stereocenters. The summed E-state index contributed by atoms with van der Waals surface area (Å²) < 4.78 is 26.1. The molecule has 11 nitrogen and oxygen atoms in total. The highest BCUT2D eigenvalue weighted by Gasteiger charge is 2.33. The van der Waals surface area contributed by atoms with E-state index in [9.17, 15) is 24.3 Å². The smallest absolute Gasteiger partial charge is 0.480 e. The van der Waals surface area contributed by atoms with Crippen LogP contribution >= 0.6 is 0 Å². The minimum atomic E-state index is -1.41. The Bertz CT molecular complexity index is 1150. The zero-order valence-corrected chi connectivity index (χ0v) is 23.3. The number of carboxylic acid groups (broad SMARTS) is 1. The molecular formula is C29H37NO10. The Kier molecular flexibility index (Phi) is 12.4. The highest BCUT2D eigenvalue weighted by molar-refractivity contribution is 5.89. The van der Waals surface area contributed by atoms with Crippen LogP contribution in [0, 0.1) is 17.8 Å². The lowest BCUT2D eigenvalue weighted by atomic mass is 9.82. The van der Waals surface area contributed by atoms with Crippen molar-refractivity contribution in [1.82, 2.24) is 0 Å². The second kappa shape index (κ2) is 15.5. The molecule has 3 N–H and O–H groups in total. The van der Waals surface area contributed by atoms with Gasteiger partial charge in [0.1, 0.15) is 6.04 Å². The average Bonchev–Trinajstić information content (AvgIpc) is 2.91. The monoisotopic (exact) mass is 559 g/mol. The minimum absolute atomic E-state index is 0.0398. The number of carbonyl (C=O) groups is 4. The molecule has 0 aliphatic rings. The first-order chi connectivity index (χ1) is 18.9. The SMILES string of the molecule is CC(C)COC(=O)Oc1ccc(C(C(C)COC(=O)c2ccccc2)[C@H](N)C(=O)O)cc1OC(=O)OCC(C)C. The topological polar surface area (TPSA) is 161 Å². The molecule has 0 spiro atoms. The Balaban J connectivity index is 2.35. The summed E-state index contributed by atoms with van der Waals surface area (Å²) in [5, 5.41) is 9.71. The number of ether oxygens (including phenoxy) is 5. The van der Waals surface area contributed by atoms with Crippen molar-refractivity contribution < 1.29 is 48.0 Å². The second-order valence-corrected chi connectivity index (χ2v) is 10.2. The van der Waals surface area contributed by atoms with Crippen molar-refractivity contribution in [2.45, 2.75) is 46.6 Å². The Hall–Kier alpha value is -4.12. The normalized spacial score (nSPS) is 13.2. The summed E-state index contributed by atoms with van der Waals surface area (Å²) in [6, 6.07) is 11.1. The molecule has 0 aromatic heterocycles. The lowest BCUT2D eigenvalue weighted by molar-refractivity contribution is -0.139. The molecule has 0 saturated heterocycles. The third-order valence-corrected chi connectivity index (χ3v) is 5.58. The van der Waals surface area contributed by atoms with Crippen molar-refractivity contribution in [3.63, 3.8) is 0 Å². The van der Waals surface area contributed by atoms with Crippen LogP contribution < -0.4 is 15.2 Å². The highest BCUT2D eigenvalue weighted by Crippen LogP contribution is 2.36. The van der Waals surface area contributed by atoms with E-state index in [0.29, 0.717) is 11.1 Å². The molecule has 0 saturated carbocycles. The van der Waals surface area contributed by atoms with Gasteiger partial charge in [0.15, 0.2) is 11.5 Å². The fourth-order valence-electron chi connectivity index (χ4n) is 3.62. The van der Waals surface area contributed by atoms with Crippen molar-refractivity contribution >= 4 is 24.2 Å². The summed E-state index contributed by atoms with van der Waals surface area (Å²) in [6.07, 6.45) is -2.06. The summed E-state index contributed by atoms with van der Waals surface area (Å²) in [4.78, 5) is 48.9. The predicted octanol–water partition coefficient (Wildman–Crippen LogP) is 5.02. The van der Waals surface area contributed by atoms with E-state index in [1.54, 1.807) is 37.3 Å². The summed E-state index contributed by atoms with van der Waals surface area (Å²) in [6.45, 7) is 9.12. The molecule has 2 unspecified atom stereocenters. The molecule has 0 amide bonds. The van der Waals surface area contributed by atoms with Crippen molar-refractivity contribution in [1.29, 1.82) is 0 Å². The van der Waals surface area contributed by atoms with E-state index in [1.807, 2.05) is 27.7 Å². The summed E-state index contributed by atoms with van der Waals surface area (Å²) in [5.74, 6) is -3.59. The number of hydrogen-bond acceptors (Lipinski definition) is 10. The fourth-order valence-corrected chi connectivity index (χ4v) is 3.62. The van der Waals surface area contributed by atoms with Gasteiger partial charge in [-0.1, -0.05) is 58.9 Å². The lowest BCUT2D eigenvalue weighted by Gasteiger charge is -2.28. The van der Waals surface area contributed by atoms with Crippen LogP contribution in [0.5, 0.6) is 11.5 Å². The number of rotatable bonds is 13. The highest BCUT2D eigenvalue weighted by atomic mass is 16.7. The molecule has 0 heterocycles. The van der Waals surface area contributed by atoms with Gasteiger partial charge in [-0.15, -0.1) is 0 Å². The van der Waals surface area contributed by atoms with E-state index < -0.39 is 42.1 Å². The van der Waals surface area contributed by atoms with Crippen molar-refractivity contribution in [2.75, 3.05) is 19.8 Å². The number of benzene rings is 2. The third-order valence-electron chi connectivity index (χ3n) is 5.58. The number of esters is 1. The first-order valence-corrected chi connectivity index (χ1v) is 12.9. The largest absolute Gasteiger partial charge is 0.513 e. The van der Waals surface area contributed by atoms with E-state index in [2.05, 4.69) is 0 Å². The van der Waals surface area contributed by atoms with Gasteiger partial charge in [-0.05, 0) is 47.6 Å². The van der Waals surface area contributed by atoms with Crippen molar-refractivity contribution in [2.24, 2.45) is 23.5 Å². The van der Waals surface area contributed by atoms with E-state index in [4.69, 9.17) is 29.4 Å². The summed E-state index contributed by atoms with van der Waals surface area (Å²) in [7, 11) is 0. The quantitative estimate of drug-likeness (QED) is 0.193. The number of aliphatic carboxylic acids is 1. The minimum Gasteiger partial charge on any atom is -0.480 e. The van der Waals surface area contributed by atoms with Gasteiger partial charge in [0.05, 0.1) is 25.4 Å². The zero-order chi connectivity index (χ0) is 29.8. The third kappa shape index (κ3) is 10.2.